The third kappa shape index (κ3) is 3.33. The first-order valence-electron chi connectivity index (χ1n) is 5.72. The Kier molecular flexibility index (Phi) is 4.24. The van der Waals surface area contributed by atoms with Gasteiger partial charge < -0.3 is 5.32 Å². The number of nitrogens with one attached hydrogen (secondary N) is 1. The Hall–Kier alpha value is -0.800. The van der Waals surface area contributed by atoms with Gasteiger partial charge in [0.1, 0.15) is 0 Å². The molecule has 0 amide bonds. The van der Waals surface area contributed by atoms with Crippen LogP contribution >= 0.6 is 27.3 Å². The molecule has 0 fully saturated rings. The zero-order valence-electron chi connectivity index (χ0n) is 9.98. The maximum absolute atomic E-state index is 3.60. The zero-order chi connectivity index (χ0) is 12.3. The lowest BCUT2D eigenvalue weighted by Gasteiger charge is -2.22. The van der Waals surface area contributed by atoms with Crippen LogP contribution in [0.25, 0.3) is 0 Å². The van der Waals surface area contributed by atoms with Crippen LogP contribution in [-0.2, 0) is 0 Å². The number of hydrogen-bond acceptors (Lipinski definition) is 2. The molecule has 1 aromatic carbocycles. The second kappa shape index (κ2) is 5.69. The van der Waals surface area contributed by atoms with E-state index in [2.05, 4.69) is 76.9 Å². The molecule has 1 atom stereocenters. The number of benzene rings is 1. The Labute approximate surface area is 115 Å². The minimum absolute atomic E-state index is 0.385. The quantitative estimate of drug-likeness (QED) is 0.806. The summed E-state index contributed by atoms with van der Waals surface area (Å²) >= 11 is 5.26. The van der Waals surface area contributed by atoms with Crippen LogP contribution < -0.4 is 5.32 Å². The Morgan fingerprint density at radius 1 is 1.12 bits per heavy atom. The van der Waals surface area contributed by atoms with Crippen LogP contribution in [0.1, 0.15) is 24.8 Å². The topological polar surface area (TPSA) is 12.0 Å². The second-order valence-electron chi connectivity index (χ2n) is 4.39. The van der Waals surface area contributed by atoms with Crippen molar-refractivity contribution in [1.29, 1.82) is 0 Å². The first-order valence-corrected chi connectivity index (χ1v) is 7.39. The highest BCUT2D eigenvalue weighted by Gasteiger charge is 2.16. The summed E-state index contributed by atoms with van der Waals surface area (Å²) in [5, 5.41) is 5.73. The van der Waals surface area contributed by atoms with Gasteiger partial charge in [-0.15, -0.1) is 11.3 Å². The van der Waals surface area contributed by atoms with Gasteiger partial charge in [-0.2, -0.15) is 0 Å². The molecule has 90 valence electrons. The minimum Gasteiger partial charge on any atom is -0.377 e. The van der Waals surface area contributed by atoms with E-state index in [-0.39, 0.29) is 0 Å². The molecule has 0 radical (unpaired) electrons. The molecule has 1 unspecified atom stereocenters. The summed E-state index contributed by atoms with van der Waals surface area (Å²) < 4.78 is 1.11. The molecule has 0 saturated carbocycles. The van der Waals surface area contributed by atoms with Crippen molar-refractivity contribution in [2.75, 3.05) is 5.32 Å². The van der Waals surface area contributed by atoms with Crippen molar-refractivity contribution in [2.24, 2.45) is 5.92 Å². The third-order valence-corrected chi connectivity index (χ3v) is 4.17. The van der Waals surface area contributed by atoms with Crippen LogP contribution in [0.4, 0.5) is 5.69 Å². The van der Waals surface area contributed by atoms with E-state index in [1.807, 2.05) is 11.3 Å². The van der Waals surface area contributed by atoms with Gasteiger partial charge in [0.15, 0.2) is 0 Å². The highest BCUT2D eigenvalue weighted by atomic mass is 79.9. The summed E-state index contributed by atoms with van der Waals surface area (Å²) in [6.07, 6.45) is 0. The van der Waals surface area contributed by atoms with Crippen LogP contribution in [0.3, 0.4) is 0 Å². The molecule has 2 aromatic rings. The summed E-state index contributed by atoms with van der Waals surface area (Å²) in [6, 6.07) is 13.0. The van der Waals surface area contributed by atoms with Gasteiger partial charge in [0, 0.05) is 15.0 Å². The predicted molar refractivity (Wildman–Crippen MR) is 79.7 cm³/mol. The monoisotopic (exact) mass is 309 g/mol. The fourth-order valence-electron chi connectivity index (χ4n) is 1.76. The predicted octanol–water partition coefficient (Wildman–Crippen LogP) is 5.32. The molecule has 17 heavy (non-hydrogen) atoms. The maximum Gasteiger partial charge on any atom is 0.0629 e. The van der Waals surface area contributed by atoms with E-state index in [0.29, 0.717) is 12.0 Å². The number of anilines is 1. The highest BCUT2D eigenvalue weighted by molar-refractivity contribution is 9.10. The van der Waals surface area contributed by atoms with Crippen molar-refractivity contribution in [3.63, 3.8) is 0 Å². The van der Waals surface area contributed by atoms with Crippen LogP contribution in [0.5, 0.6) is 0 Å². The van der Waals surface area contributed by atoms with Crippen molar-refractivity contribution in [2.45, 2.75) is 19.9 Å². The fraction of sp³-hybridized carbons (Fsp3) is 0.286. The summed E-state index contributed by atoms with van der Waals surface area (Å²) in [4.78, 5) is 1.39. The number of rotatable bonds is 4. The Balaban J connectivity index is 2.16. The molecule has 0 aliphatic rings. The van der Waals surface area contributed by atoms with Gasteiger partial charge in [-0.25, -0.2) is 0 Å². The van der Waals surface area contributed by atoms with E-state index in [4.69, 9.17) is 0 Å². The van der Waals surface area contributed by atoms with Gasteiger partial charge >= 0.3 is 0 Å². The molecule has 0 aliphatic heterocycles. The number of halogens is 1. The minimum atomic E-state index is 0.385. The molecule has 0 aliphatic carbocycles. The third-order valence-electron chi connectivity index (χ3n) is 2.68. The summed E-state index contributed by atoms with van der Waals surface area (Å²) in [6.45, 7) is 4.49. The molecule has 0 spiro atoms. The van der Waals surface area contributed by atoms with E-state index in [1.165, 1.54) is 10.6 Å². The Morgan fingerprint density at radius 3 is 2.35 bits per heavy atom. The van der Waals surface area contributed by atoms with Crippen molar-refractivity contribution in [3.05, 3.63) is 51.1 Å². The molecule has 1 aromatic heterocycles. The molecule has 0 bridgehead atoms. The summed E-state index contributed by atoms with van der Waals surface area (Å²) in [5.41, 5.74) is 1.17. The lowest BCUT2D eigenvalue weighted by molar-refractivity contribution is 0.554. The van der Waals surface area contributed by atoms with E-state index < -0.39 is 0 Å². The van der Waals surface area contributed by atoms with E-state index >= 15 is 0 Å². The van der Waals surface area contributed by atoms with Gasteiger partial charge in [-0.05, 0) is 41.6 Å². The number of thiophene rings is 1. The molecule has 0 saturated heterocycles. The van der Waals surface area contributed by atoms with Crippen molar-refractivity contribution < 1.29 is 0 Å². The average Bonchev–Trinajstić information content (AvgIpc) is 2.81. The van der Waals surface area contributed by atoms with E-state index in [0.717, 1.165) is 4.47 Å². The van der Waals surface area contributed by atoms with E-state index in [1.54, 1.807) is 0 Å². The van der Waals surface area contributed by atoms with Gasteiger partial charge in [0.2, 0.25) is 0 Å². The van der Waals surface area contributed by atoms with Crippen LogP contribution in [0.2, 0.25) is 0 Å². The molecule has 1 nitrogen and oxygen atoms in total. The SMILES string of the molecule is CC(C)C(Nc1ccc(Br)cc1)c1cccs1. The van der Waals surface area contributed by atoms with Crippen molar-refractivity contribution in [3.8, 4) is 0 Å². The zero-order valence-corrected chi connectivity index (χ0v) is 12.4. The molecule has 2 rings (SSSR count). The normalized spacial score (nSPS) is 12.7. The second-order valence-corrected chi connectivity index (χ2v) is 6.28. The Bertz CT molecular complexity index is 448. The van der Waals surface area contributed by atoms with Crippen LogP contribution in [0.15, 0.2) is 46.3 Å². The highest BCUT2D eigenvalue weighted by Crippen LogP contribution is 2.30. The summed E-state index contributed by atoms with van der Waals surface area (Å²) in [5.74, 6) is 0.567. The molecule has 1 N–H and O–H groups in total. The molecule has 3 heteroatoms. The first kappa shape index (κ1) is 12.7. The van der Waals surface area contributed by atoms with Crippen LogP contribution in [-0.4, -0.2) is 0 Å². The van der Waals surface area contributed by atoms with Crippen LogP contribution in [0, 0.1) is 5.92 Å². The van der Waals surface area contributed by atoms with Crippen molar-refractivity contribution in [1.82, 2.24) is 0 Å². The lowest BCUT2D eigenvalue weighted by atomic mass is 10.0. The fourth-order valence-corrected chi connectivity index (χ4v) is 2.97. The van der Waals surface area contributed by atoms with Gasteiger partial charge in [0.05, 0.1) is 6.04 Å². The maximum atomic E-state index is 3.60. The molecule has 1 heterocycles. The summed E-state index contributed by atoms with van der Waals surface area (Å²) in [7, 11) is 0. The average molecular weight is 310 g/mol. The van der Waals surface area contributed by atoms with Crippen molar-refractivity contribution >= 4 is 33.0 Å². The standard InChI is InChI=1S/C14H16BrNS/c1-10(2)14(13-4-3-9-17-13)16-12-7-5-11(15)6-8-12/h3-10,14,16H,1-2H3. The molecular formula is C14H16BrNS. The smallest absolute Gasteiger partial charge is 0.0629 e. The van der Waals surface area contributed by atoms with E-state index in [9.17, 15) is 0 Å². The van der Waals surface area contributed by atoms with Gasteiger partial charge in [-0.1, -0.05) is 35.8 Å². The number of hydrogen-bond donors (Lipinski definition) is 1. The molecular weight excluding hydrogens is 294 g/mol. The Morgan fingerprint density at radius 2 is 1.82 bits per heavy atom. The van der Waals surface area contributed by atoms with Gasteiger partial charge in [-0.3, -0.25) is 0 Å². The van der Waals surface area contributed by atoms with Gasteiger partial charge in [0.25, 0.3) is 0 Å². The lowest BCUT2D eigenvalue weighted by Crippen LogP contribution is -2.15. The first-order chi connectivity index (χ1) is 8.16. The largest absolute Gasteiger partial charge is 0.377 e.